The van der Waals surface area contributed by atoms with Gasteiger partial charge in [0, 0.05) is 5.41 Å². The lowest BCUT2D eigenvalue weighted by molar-refractivity contribution is 0.457. The smallest absolute Gasteiger partial charge is 0.116 e. The van der Waals surface area contributed by atoms with E-state index in [-0.39, 0.29) is 5.41 Å². The van der Waals surface area contributed by atoms with Crippen molar-refractivity contribution in [1.82, 2.24) is 0 Å². The van der Waals surface area contributed by atoms with Crippen molar-refractivity contribution in [1.29, 1.82) is 0 Å². The van der Waals surface area contributed by atoms with Crippen LogP contribution in [0.5, 0.6) is 5.75 Å². The van der Waals surface area contributed by atoms with Gasteiger partial charge in [-0.15, -0.1) is 0 Å². The molecule has 1 aliphatic rings. The quantitative estimate of drug-likeness (QED) is 0.743. The first-order chi connectivity index (χ1) is 10.2. The summed E-state index contributed by atoms with van der Waals surface area (Å²) in [7, 11) is 0. The molecule has 0 saturated carbocycles. The molecule has 1 N–H and O–H groups in total. The molecule has 1 atom stereocenters. The molecule has 0 radical (unpaired) electrons. The fourth-order valence-electron chi connectivity index (χ4n) is 3.71. The van der Waals surface area contributed by atoms with Gasteiger partial charge in [-0.1, -0.05) is 64.4 Å². The summed E-state index contributed by atoms with van der Waals surface area (Å²) < 4.78 is 0. The van der Waals surface area contributed by atoms with Gasteiger partial charge in [0.25, 0.3) is 0 Å². The summed E-state index contributed by atoms with van der Waals surface area (Å²) >= 11 is 0. The van der Waals surface area contributed by atoms with E-state index in [2.05, 4.69) is 44.2 Å². The van der Waals surface area contributed by atoms with Crippen molar-refractivity contribution in [2.75, 3.05) is 0 Å². The van der Waals surface area contributed by atoms with Crippen LogP contribution >= 0.6 is 0 Å². The van der Waals surface area contributed by atoms with Crippen LogP contribution in [0.25, 0.3) is 11.1 Å². The van der Waals surface area contributed by atoms with Crippen LogP contribution in [0.1, 0.15) is 58.1 Å². The lowest BCUT2D eigenvalue weighted by Crippen LogP contribution is -2.23. The fourth-order valence-corrected chi connectivity index (χ4v) is 3.71. The molecule has 0 amide bonds. The highest BCUT2D eigenvalue weighted by Crippen LogP contribution is 2.53. The Morgan fingerprint density at radius 1 is 0.905 bits per heavy atom. The van der Waals surface area contributed by atoms with Crippen LogP contribution in [-0.2, 0) is 5.41 Å². The molecule has 21 heavy (non-hydrogen) atoms. The maximum atomic E-state index is 9.79. The van der Waals surface area contributed by atoms with Gasteiger partial charge in [-0.05, 0) is 47.2 Å². The van der Waals surface area contributed by atoms with Crippen LogP contribution in [0.15, 0.2) is 42.5 Å². The number of phenolic OH excluding ortho intramolecular Hbond substituents is 1. The summed E-state index contributed by atoms with van der Waals surface area (Å²) in [5, 5.41) is 9.79. The van der Waals surface area contributed by atoms with Crippen LogP contribution in [0.4, 0.5) is 0 Å². The Kier molecular flexibility index (Phi) is 4.72. The van der Waals surface area contributed by atoms with Gasteiger partial charge < -0.3 is 5.11 Å². The SMILES string of the molecule is CC.CCCC1(CC)c2ccccc2-c2cc(O)ccc21. The topological polar surface area (TPSA) is 20.2 Å². The molecule has 0 fully saturated rings. The first-order valence-electron chi connectivity index (χ1n) is 8.16. The zero-order valence-corrected chi connectivity index (χ0v) is 13.6. The molecule has 1 nitrogen and oxygen atoms in total. The summed E-state index contributed by atoms with van der Waals surface area (Å²) in [5.41, 5.74) is 5.46. The number of rotatable bonds is 3. The molecular formula is C20H26O. The molecule has 1 heteroatoms. The lowest BCUT2D eigenvalue weighted by atomic mass is 9.73. The average molecular weight is 282 g/mol. The van der Waals surface area contributed by atoms with Gasteiger partial charge in [-0.2, -0.15) is 0 Å². The van der Waals surface area contributed by atoms with Crippen LogP contribution in [0, 0.1) is 0 Å². The molecule has 1 unspecified atom stereocenters. The third-order valence-electron chi connectivity index (χ3n) is 4.53. The molecular weight excluding hydrogens is 256 g/mol. The molecule has 0 aliphatic heterocycles. The monoisotopic (exact) mass is 282 g/mol. The molecule has 1 aliphatic carbocycles. The van der Waals surface area contributed by atoms with E-state index in [9.17, 15) is 5.11 Å². The van der Waals surface area contributed by atoms with E-state index in [4.69, 9.17) is 0 Å². The Morgan fingerprint density at radius 2 is 1.57 bits per heavy atom. The molecule has 112 valence electrons. The second-order valence-electron chi connectivity index (χ2n) is 5.46. The van der Waals surface area contributed by atoms with Crippen molar-refractivity contribution in [2.45, 2.75) is 52.4 Å². The minimum absolute atomic E-state index is 0.133. The van der Waals surface area contributed by atoms with Crippen molar-refractivity contribution < 1.29 is 5.11 Å². The summed E-state index contributed by atoms with van der Waals surface area (Å²) in [4.78, 5) is 0. The summed E-state index contributed by atoms with van der Waals surface area (Å²) in [6, 6.07) is 14.5. The van der Waals surface area contributed by atoms with E-state index >= 15 is 0 Å². The Hall–Kier alpha value is -1.76. The highest BCUT2D eigenvalue weighted by Gasteiger charge is 2.40. The van der Waals surface area contributed by atoms with E-state index in [1.807, 2.05) is 26.0 Å². The molecule has 0 spiro atoms. The first-order valence-corrected chi connectivity index (χ1v) is 8.16. The van der Waals surface area contributed by atoms with E-state index in [0.717, 1.165) is 12.8 Å². The number of aromatic hydroxyl groups is 1. The number of phenols is 1. The van der Waals surface area contributed by atoms with Crippen LogP contribution in [0.3, 0.4) is 0 Å². The van der Waals surface area contributed by atoms with Crippen LogP contribution in [0.2, 0.25) is 0 Å². The molecule has 2 aromatic rings. The minimum Gasteiger partial charge on any atom is -0.508 e. The Balaban J connectivity index is 0.000000774. The van der Waals surface area contributed by atoms with Gasteiger partial charge in [-0.3, -0.25) is 0 Å². The molecule has 0 saturated heterocycles. The van der Waals surface area contributed by atoms with Crippen molar-refractivity contribution in [2.24, 2.45) is 0 Å². The van der Waals surface area contributed by atoms with Gasteiger partial charge in [0.2, 0.25) is 0 Å². The Bertz CT molecular complexity index is 615. The highest BCUT2D eigenvalue weighted by molar-refractivity contribution is 5.81. The zero-order valence-electron chi connectivity index (χ0n) is 13.6. The molecule has 0 aromatic heterocycles. The van der Waals surface area contributed by atoms with E-state index in [1.54, 1.807) is 0 Å². The van der Waals surface area contributed by atoms with Gasteiger partial charge in [-0.25, -0.2) is 0 Å². The average Bonchev–Trinajstić information content (AvgIpc) is 2.80. The lowest BCUT2D eigenvalue weighted by Gasteiger charge is -2.30. The van der Waals surface area contributed by atoms with Crippen LogP contribution in [-0.4, -0.2) is 5.11 Å². The first kappa shape index (κ1) is 15.6. The van der Waals surface area contributed by atoms with Crippen molar-refractivity contribution >= 4 is 0 Å². The van der Waals surface area contributed by atoms with E-state index in [0.29, 0.717) is 5.75 Å². The number of benzene rings is 2. The molecule has 0 bridgehead atoms. The number of fused-ring (bicyclic) bond motifs is 3. The second kappa shape index (κ2) is 6.34. The van der Waals surface area contributed by atoms with Gasteiger partial charge in [0.1, 0.15) is 5.75 Å². The third kappa shape index (κ3) is 2.35. The van der Waals surface area contributed by atoms with Gasteiger partial charge in [0.15, 0.2) is 0 Å². The fraction of sp³-hybridized carbons (Fsp3) is 0.400. The second-order valence-corrected chi connectivity index (χ2v) is 5.46. The molecule has 3 rings (SSSR count). The Morgan fingerprint density at radius 3 is 2.24 bits per heavy atom. The van der Waals surface area contributed by atoms with Crippen molar-refractivity contribution in [3.05, 3.63) is 53.6 Å². The van der Waals surface area contributed by atoms with E-state index in [1.165, 1.54) is 28.7 Å². The molecule has 2 aromatic carbocycles. The maximum Gasteiger partial charge on any atom is 0.116 e. The summed E-state index contributed by atoms with van der Waals surface area (Å²) in [5.74, 6) is 0.358. The van der Waals surface area contributed by atoms with Gasteiger partial charge in [0.05, 0.1) is 0 Å². The van der Waals surface area contributed by atoms with Crippen molar-refractivity contribution in [3.63, 3.8) is 0 Å². The third-order valence-corrected chi connectivity index (χ3v) is 4.53. The van der Waals surface area contributed by atoms with Crippen LogP contribution < -0.4 is 0 Å². The summed E-state index contributed by atoms with van der Waals surface area (Å²) in [6.07, 6.45) is 3.44. The largest absolute Gasteiger partial charge is 0.508 e. The van der Waals surface area contributed by atoms with Crippen molar-refractivity contribution in [3.8, 4) is 16.9 Å². The number of hydrogen-bond donors (Lipinski definition) is 1. The highest BCUT2D eigenvalue weighted by atomic mass is 16.3. The predicted molar refractivity (Wildman–Crippen MR) is 90.9 cm³/mol. The predicted octanol–water partition coefficient (Wildman–Crippen LogP) is 5.90. The van der Waals surface area contributed by atoms with E-state index < -0.39 is 0 Å². The summed E-state index contributed by atoms with van der Waals surface area (Å²) in [6.45, 7) is 8.52. The maximum absolute atomic E-state index is 9.79. The normalized spacial score (nSPS) is 18.5. The standard InChI is InChI=1S/C18H20O.C2H6/c1-3-11-18(4-2)16-8-6-5-7-14(16)15-12-13(19)9-10-17(15)18;1-2/h5-10,12,19H,3-4,11H2,1-2H3;1-2H3. The minimum atomic E-state index is 0.133. The van der Waals surface area contributed by atoms with Gasteiger partial charge >= 0.3 is 0 Å². The Labute approximate surface area is 128 Å². The number of hydrogen-bond acceptors (Lipinski definition) is 1. The molecule has 0 heterocycles. The zero-order chi connectivity index (χ0) is 15.5.